The molecule has 2 aliphatic rings. The van der Waals surface area contributed by atoms with E-state index in [1.54, 1.807) is 7.11 Å². The van der Waals surface area contributed by atoms with Crippen LogP contribution >= 0.6 is 24.8 Å². The zero-order chi connectivity index (χ0) is 17.5. The number of morpholine rings is 1. The fourth-order valence-corrected chi connectivity index (χ4v) is 3.69. The average molecular weight is 420 g/mol. The lowest BCUT2D eigenvalue weighted by molar-refractivity contribution is -0.122. The highest BCUT2D eigenvalue weighted by Gasteiger charge is 2.26. The highest BCUT2D eigenvalue weighted by Crippen LogP contribution is 2.31. The first-order valence-corrected chi connectivity index (χ1v) is 9.22. The third kappa shape index (κ3) is 6.80. The number of nitrogens with zero attached hydrogens (tertiary/aromatic N) is 1. The van der Waals surface area contributed by atoms with Gasteiger partial charge in [0.2, 0.25) is 5.91 Å². The van der Waals surface area contributed by atoms with Gasteiger partial charge in [0.05, 0.1) is 26.4 Å². The van der Waals surface area contributed by atoms with Crippen LogP contribution in [0, 0.1) is 0 Å². The fourth-order valence-electron chi connectivity index (χ4n) is 3.69. The summed E-state index contributed by atoms with van der Waals surface area (Å²) in [6, 6.07) is 8.37. The molecule has 2 unspecified atom stereocenters. The minimum atomic E-state index is 0. The molecule has 0 bridgehead atoms. The van der Waals surface area contributed by atoms with Crippen molar-refractivity contribution in [3.63, 3.8) is 0 Å². The van der Waals surface area contributed by atoms with Gasteiger partial charge in [-0.3, -0.25) is 9.69 Å². The summed E-state index contributed by atoms with van der Waals surface area (Å²) in [6.07, 6.45) is 2.88. The molecule has 2 atom stereocenters. The number of benzene rings is 1. The Labute approximate surface area is 174 Å². The molecule has 0 spiro atoms. The molecule has 2 aliphatic heterocycles. The van der Waals surface area contributed by atoms with Gasteiger partial charge in [-0.2, -0.15) is 0 Å². The molecular weight excluding hydrogens is 389 g/mol. The number of ether oxygens (including phenoxy) is 2. The lowest BCUT2D eigenvalue weighted by Gasteiger charge is -2.30. The molecule has 2 fully saturated rings. The van der Waals surface area contributed by atoms with E-state index in [1.165, 1.54) is 12.8 Å². The van der Waals surface area contributed by atoms with Gasteiger partial charge in [0.25, 0.3) is 0 Å². The summed E-state index contributed by atoms with van der Waals surface area (Å²) < 4.78 is 11.0. The van der Waals surface area contributed by atoms with E-state index >= 15 is 0 Å². The van der Waals surface area contributed by atoms with Crippen molar-refractivity contribution in [3.8, 4) is 5.75 Å². The molecule has 154 valence electrons. The summed E-state index contributed by atoms with van der Waals surface area (Å²) in [5, 5.41) is 6.45. The maximum Gasteiger partial charge on any atom is 0.221 e. The minimum Gasteiger partial charge on any atom is -0.496 e. The van der Waals surface area contributed by atoms with Crippen molar-refractivity contribution in [2.75, 3.05) is 46.5 Å². The summed E-state index contributed by atoms with van der Waals surface area (Å²) in [6.45, 7) is 4.88. The van der Waals surface area contributed by atoms with Crippen molar-refractivity contribution in [1.29, 1.82) is 0 Å². The van der Waals surface area contributed by atoms with Gasteiger partial charge in [0.1, 0.15) is 5.75 Å². The van der Waals surface area contributed by atoms with Crippen molar-refractivity contribution in [1.82, 2.24) is 15.5 Å². The number of carbonyl (C=O) groups is 1. The Morgan fingerprint density at radius 3 is 2.74 bits per heavy atom. The monoisotopic (exact) mass is 419 g/mol. The van der Waals surface area contributed by atoms with Crippen molar-refractivity contribution >= 4 is 30.7 Å². The van der Waals surface area contributed by atoms with E-state index in [4.69, 9.17) is 9.47 Å². The first-order valence-electron chi connectivity index (χ1n) is 9.22. The van der Waals surface area contributed by atoms with E-state index in [9.17, 15) is 4.79 Å². The van der Waals surface area contributed by atoms with Gasteiger partial charge < -0.3 is 20.1 Å². The number of hydrogen-bond acceptors (Lipinski definition) is 5. The van der Waals surface area contributed by atoms with Gasteiger partial charge in [-0.05, 0) is 32.0 Å². The smallest absolute Gasteiger partial charge is 0.221 e. The third-order valence-corrected chi connectivity index (χ3v) is 5.00. The van der Waals surface area contributed by atoms with Crippen molar-refractivity contribution < 1.29 is 14.3 Å². The zero-order valence-corrected chi connectivity index (χ0v) is 17.4. The Hall–Kier alpha value is -1.05. The molecule has 0 saturated carbocycles. The number of halogens is 2. The maximum atomic E-state index is 12.4. The zero-order valence-electron chi connectivity index (χ0n) is 15.8. The molecule has 0 radical (unpaired) electrons. The number of likely N-dealkylation sites (tertiary alicyclic amines) is 1. The number of nitrogens with one attached hydrogen (secondary N) is 2. The quantitative estimate of drug-likeness (QED) is 0.708. The molecule has 1 amide bonds. The lowest BCUT2D eigenvalue weighted by Crippen LogP contribution is -2.45. The molecular formula is C19H31Cl2N3O3. The molecule has 3 rings (SSSR count). The van der Waals surface area contributed by atoms with Gasteiger partial charge in [-0.15, -0.1) is 24.8 Å². The fraction of sp³-hybridized carbons (Fsp3) is 0.632. The standard InChI is InChI=1S/C19H29N3O3.2ClH/c1-24-18-7-3-2-6-16(18)17(22-9-4-5-10-22)13-21-19(23)12-15-14-25-11-8-20-15;;/h2-3,6-7,15,17,20H,4-5,8-14H2,1H3,(H,21,23);2*1H. The van der Waals surface area contributed by atoms with E-state index in [-0.39, 0.29) is 42.8 Å². The van der Waals surface area contributed by atoms with Gasteiger partial charge in [-0.25, -0.2) is 0 Å². The van der Waals surface area contributed by atoms with Crippen molar-refractivity contribution in [2.45, 2.75) is 31.3 Å². The Balaban J connectivity index is 0.00000182. The number of hydrogen-bond donors (Lipinski definition) is 2. The van der Waals surface area contributed by atoms with Crippen LogP contribution in [0.1, 0.15) is 30.9 Å². The summed E-state index contributed by atoms with van der Waals surface area (Å²) in [5.41, 5.74) is 1.14. The second kappa shape index (κ2) is 12.4. The second-order valence-corrected chi connectivity index (χ2v) is 6.73. The molecule has 1 aromatic rings. The maximum absolute atomic E-state index is 12.4. The van der Waals surface area contributed by atoms with E-state index in [0.29, 0.717) is 19.6 Å². The Morgan fingerprint density at radius 1 is 1.33 bits per heavy atom. The van der Waals surface area contributed by atoms with E-state index in [2.05, 4.69) is 21.6 Å². The van der Waals surface area contributed by atoms with Crippen molar-refractivity contribution in [3.05, 3.63) is 29.8 Å². The SMILES string of the molecule is COc1ccccc1C(CNC(=O)CC1COCCN1)N1CCCC1.Cl.Cl. The first-order chi connectivity index (χ1) is 12.3. The first kappa shape index (κ1) is 24.0. The molecule has 6 nitrogen and oxygen atoms in total. The Morgan fingerprint density at radius 2 is 2.07 bits per heavy atom. The third-order valence-electron chi connectivity index (χ3n) is 5.00. The Bertz CT molecular complexity index is 565. The van der Waals surface area contributed by atoms with Gasteiger partial charge in [-0.1, -0.05) is 18.2 Å². The van der Waals surface area contributed by atoms with Crippen LogP contribution in [0.4, 0.5) is 0 Å². The normalized spacial score (nSPS) is 20.9. The summed E-state index contributed by atoms with van der Waals surface area (Å²) in [4.78, 5) is 14.8. The molecule has 0 aromatic heterocycles. The predicted molar refractivity (Wildman–Crippen MR) is 111 cm³/mol. The van der Waals surface area contributed by atoms with Crippen LogP contribution in [-0.4, -0.2) is 63.4 Å². The highest BCUT2D eigenvalue weighted by atomic mass is 35.5. The molecule has 2 saturated heterocycles. The average Bonchev–Trinajstić information content (AvgIpc) is 3.17. The van der Waals surface area contributed by atoms with Crippen LogP contribution in [0.2, 0.25) is 0 Å². The van der Waals surface area contributed by atoms with Gasteiger partial charge in [0, 0.05) is 31.1 Å². The highest BCUT2D eigenvalue weighted by molar-refractivity contribution is 5.85. The van der Waals surface area contributed by atoms with Crippen LogP contribution in [0.5, 0.6) is 5.75 Å². The second-order valence-electron chi connectivity index (χ2n) is 6.73. The van der Waals surface area contributed by atoms with E-state index in [1.807, 2.05) is 18.2 Å². The lowest BCUT2D eigenvalue weighted by atomic mass is 10.0. The number of rotatable bonds is 7. The van der Waals surface area contributed by atoms with Crippen LogP contribution in [0.15, 0.2) is 24.3 Å². The largest absolute Gasteiger partial charge is 0.496 e. The molecule has 2 heterocycles. The predicted octanol–water partition coefficient (Wildman–Crippen LogP) is 2.17. The number of methoxy groups -OCH3 is 1. The Kier molecular flexibility index (Phi) is 11.0. The van der Waals surface area contributed by atoms with Crippen LogP contribution in [0.25, 0.3) is 0 Å². The number of amides is 1. The molecule has 2 N–H and O–H groups in total. The van der Waals surface area contributed by atoms with Crippen molar-refractivity contribution in [2.24, 2.45) is 0 Å². The topological polar surface area (TPSA) is 62.8 Å². The minimum absolute atomic E-state index is 0. The molecule has 1 aromatic carbocycles. The summed E-state index contributed by atoms with van der Waals surface area (Å²) in [5.74, 6) is 0.957. The molecule has 27 heavy (non-hydrogen) atoms. The van der Waals surface area contributed by atoms with E-state index in [0.717, 1.165) is 37.6 Å². The van der Waals surface area contributed by atoms with E-state index < -0.39 is 0 Å². The van der Waals surface area contributed by atoms with Crippen LogP contribution in [-0.2, 0) is 9.53 Å². The van der Waals surface area contributed by atoms with Gasteiger partial charge in [0.15, 0.2) is 0 Å². The number of carbonyl (C=O) groups excluding carboxylic acids is 1. The van der Waals surface area contributed by atoms with Crippen LogP contribution in [0.3, 0.4) is 0 Å². The summed E-state index contributed by atoms with van der Waals surface area (Å²) >= 11 is 0. The molecule has 8 heteroatoms. The van der Waals surface area contributed by atoms with Gasteiger partial charge >= 0.3 is 0 Å². The number of para-hydroxylation sites is 1. The summed E-state index contributed by atoms with van der Waals surface area (Å²) in [7, 11) is 1.70. The van der Waals surface area contributed by atoms with Crippen LogP contribution < -0.4 is 15.4 Å². The molecule has 0 aliphatic carbocycles.